The molecule has 1 atom stereocenters. The van der Waals surface area contributed by atoms with Crippen LogP contribution in [0, 0.1) is 11.3 Å². The number of unbranched alkanes of at least 4 members (excludes halogenated alkanes) is 1. The third-order valence-corrected chi connectivity index (χ3v) is 3.90. The van der Waals surface area contributed by atoms with Crippen LogP contribution in [-0.4, -0.2) is 21.2 Å². The van der Waals surface area contributed by atoms with Crippen LogP contribution in [-0.2, 0) is 10.0 Å². The van der Waals surface area contributed by atoms with Crippen molar-refractivity contribution in [2.45, 2.75) is 47.0 Å². The first-order valence-electron chi connectivity index (χ1n) is 5.66. The minimum Gasteiger partial charge on any atom is -0.215 e. The summed E-state index contributed by atoms with van der Waals surface area (Å²) in [5.74, 6) is 0.485. The van der Waals surface area contributed by atoms with E-state index in [0.29, 0.717) is 12.5 Å². The number of rotatable bonds is 7. The number of hydrogen-bond acceptors (Lipinski definition) is 2. The van der Waals surface area contributed by atoms with Crippen molar-refractivity contribution in [3.8, 4) is 0 Å². The van der Waals surface area contributed by atoms with Gasteiger partial charge >= 0.3 is 0 Å². The summed E-state index contributed by atoms with van der Waals surface area (Å²) >= 11 is 0. The molecule has 0 aliphatic rings. The van der Waals surface area contributed by atoms with Gasteiger partial charge in [-0.25, -0.2) is 13.1 Å². The van der Waals surface area contributed by atoms with Gasteiger partial charge in [0.25, 0.3) is 0 Å². The molecule has 0 aromatic carbocycles. The summed E-state index contributed by atoms with van der Waals surface area (Å²) in [6.07, 6.45) is 4.60. The van der Waals surface area contributed by atoms with Gasteiger partial charge in [-0.15, -0.1) is 0 Å². The predicted molar refractivity (Wildman–Crippen MR) is 65.3 cm³/mol. The van der Waals surface area contributed by atoms with Crippen LogP contribution in [0.3, 0.4) is 0 Å². The number of hydrogen-bond donors (Lipinski definition) is 1. The van der Waals surface area contributed by atoms with Crippen LogP contribution in [0.1, 0.15) is 47.0 Å². The highest BCUT2D eigenvalue weighted by molar-refractivity contribution is 7.88. The van der Waals surface area contributed by atoms with Gasteiger partial charge in [0.15, 0.2) is 0 Å². The fraction of sp³-hybridized carbons (Fsp3) is 1.00. The summed E-state index contributed by atoms with van der Waals surface area (Å²) in [5.41, 5.74) is 0.0685. The van der Waals surface area contributed by atoms with E-state index in [1.54, 1.807) is 0 Å². The maximum absolute atomic E-state index is 11.1. The van der Waals surface area contributed by atoms with Gasteiger partial charge in [-0.1, -0.05) is 40.5 Å². The van der Waals surface area contributed by atoms with Gasteiger partial charge in [-0.05, 0) is 17.8 Å². The first kappa shape index (κ1) is 14.9. The second kappa shape index (κ2) is 5.85. The molecule has 0 spiro atoms. The SMILES string of the molecule is CCCCC(C)(CNS(C)(=O)=O)C(C)C. The minimum absolute atomic E-state index is 0.0685. The van der Waals surface area contributed by atoms with Gasteiger partial charge in [0, 0.05) is 6.54 Å². The Bertz CT molecular complexity index is 272. The van der Waals surface area contributed by atoms with Crippen molar-refractivity contribution in [2.24, 2.45) is 11.3 Å². The van der Waals surface area contributed by atoms with Gasteiger partial charge < -0.3 is 0 Å². The lowest BCUT2D eigenvalue weighted by Gasteiger charge is -2.33. The second-order valence-electron chi connectivity index (χ2n) is 5.01. The molecule has 4 heteroatoms. The number of nitrogens with one attached hydrogen (secondary N) is 1. The molecule has 0 rings (SSSR count). The second-order valence-corrected chi connectivity index (χ2v) is 6.84. The summed E-state index contributed by atoms with van der Waals surface area (Å²) in [5, 5.41) is 0. The quantitative estimate of drug-likeness (QED) is 0.736. The van der Waals surface area contributed by atoms with E-state index in [2.05, 4.69) is 32.4 Å². The molecule has 0 aromatic rings. The highest BCUT2D eigenvalue weighted by atomic mass is 32.2. The van der Waals surface area contributed by atoms with E-state index in [9.17, 15) is 8.42 Å². The van der Waals surface area contributed by atoms with E-state index in [1.807, 2.05) is 0 Å². The fourth-order valence-corrected chi connectivity index (χ4v) is 2.05. The van der Waals surface area contributed by atoms with Crippen LogP contribution in [0.4, 0.5) is 0 Å². The van der Waals surface area contributed by atoms with Gasteiger partial charge in [-0.3, -0.25) is 0 Å². The molecular weight excluding hydrogens is 210 g/mol. The third-order valence-electron chi connectivity index (χ3n) is 3.23. The molecule has 0 fully saturated rings. The highest BCUT2D eigenvalue weighted by Gasteiger charge is 2.28. The zero-order valence-electron chi connectivity index (χ0n) is 10.6. The van der Waals surface area contributed by atoms with Crippen LogP contribution in [0.25, 0.3) is 0 Å². The van der Waals surface area contributed by atoms with Crippen molar-refractivity contribution < 1.29 is 8.42 Å². The van der Waals surface area contributed by atoms with Crippen molar-refractivity contribution in [2.75, 3.05) is 12.8 Å². The average molecular weight is 235 g/mol. The van der Waals surface area contributed by atoms with E-state index in [-0.39, 0.29) is 5.41 Å². The summed E-state index contributed by atoms with van der Waals surface area (Å²) in [7, 11) is -3.07. The van der Waals surface area contributed by atoms with Crippen molar-refractivity contribution in [1.82, 2.24) is 4.72 Å². The van der Waals surface area contributed by atoms with Crippen LogP contribution >= 0.6 is 0 Å². The van der Waals surface area contributed by atoms with Crippen molar-refractivity contribution in [3.05, 3.63) is 0 Å². The lowest BCUT2D eigenvalue weighted by molar-refractivity contribution is 0.197. The van der Waals surface area contributed by atoms with E-state index >= 15 is 0 Å². The Labute approximate surface area is 94.7 Å². The summed E-state index contributed by atoms with van der Waals surface area (Å²) in [6.45, 7) is 9.17. The molecule has 0 aliphatic carbocycles. The van der Waals surface area contributed by atoms with Crippen molar-refractivity contribution in [1.29, 1.82) is 0 Å². The summed E-state index contributed by atoms with van der Waals surface area (Å²) in [6, 6.07) is 0. The van der Waals surface area contributed by atoms with E-state index < -0.39 is 10.0 Å². The third kappa shape index (κ3) is 6.15. The monoisotopic (exact) mass is 235 g/mol. The molecule has 92 valence electrons. The normalized spacial score (nSPS) is 16.7. The Kier molecular flexibility index (Phi) is 5.81. The lowest BCUT2D eigenvalue weighted by atomic mass is 9.75. The Hall–Kier alpha value is -0.0900. The summed E-state index contributed by atoms with van der Waals surface area (Å²) in [4.78, 5) is 0. The largest absolute Gasteiger partial charge is 0.215 e. The van der Waals surface area contributed by atoms with Crippen LogP contribution in [0.5, 0.6) is 0 Å². The van der Waals surface area contributed by atoms with E-state index in [0.717, 1.165) is 19.3 Å². The molecule has 0 bridgehead atoms. The van der Waals surface area contributed by atoms with E-state index in [4.69, 9.17) is 0 Å². The maximum atomic E-state index is 11.1. The maximum Gasteiger partial charge on any atom is 0.208 e. The molecular formula is C11H25NO2S. The van der Waals surface area contributed by atoms with Crippen LogP contribution in [0.15, 0.2) is 0 Å². The first-order chi connectivity index (χ1) is 6.71. The Morgan fingerprint density at radius 2 is 1.87 bits per heavy atom. The topological polar surface area (TPSA) is 46.2 Å². The lowest BCUT2D eigenvalue weighted by Crippen LogP contribution is -2.38. The molecule has 0 saturated heterocycles. The standard InChI is InChI=1S/C11H25NO2S/c1-6-7-8-11(4,10(2)3)9-12-15(5,13)14/h10,12H,6-9H2,1-5H3. The molecule has 0 aromatic heterocycles. The van der Waals surface area contributed by atoms with Gasteiger partial charge in [-0.2, -0.15) is 0 Å². The molecule has 15 heavy (non-hydrogen) atoms. The molecule has 1 N–H and O–H groups in total. The Morgan fingerprint density at radius 1 is 1.33 bits per heavy atom. The van der Waals surface area contributed by atoms with Crippen molar-refractivity contribution in [3.63, 3.8) is 0 Å². The first-order valence-corrected chi connectivity index (χ1v) is 7.55. The van der Waals surface area contributed by atoms with Gasteiger partial charge in [0.05, 0.1) is 6.26 Å². The van der Waals surface area contributed by atoms with Gasteiger partial charge in [0.2, 0.25) is 10.0 Å². The zero-order valence-corrected chi connectivity index (χ0v) is 11.4. The Balaban J connectivity index is 4.38. The van der Waals surface area contributed by atoms with Crippen LogP contribution < -0.4 is 4.72 Å². The molecule has 0 heterocycles. The molecule has 1 unspecified atom stereocenters. The predicted octanol–water partition coefficient (Wildman–Crippen LogP) is 2.39. The van der Waals surface area contributed by atoms with Crippen LogP contribution in [0.2, 0.25) is 0 Å². The Morgan fingerprint density at radius 3 is 2.20 bits per heavy atom. The average Bonchev–Trinajstić information content (AvgIpc) is 2.10. The molecule has 0 radical (unpaired) electrons. The highest BCUT2D eigenvalue weighted by Crippen LogP contribution is 2.32. The van der Waals surface area contributed by atoms with Gasteiger partial charge in [0.1, 0.15) is 0 Å². The van der Waals surface area contributed by atoms with Crippen molar-refractivity contribution >= 4 is 10.0 Å². The smallest absolute Gasteiger partial charge is 0.208 e. The molecule has 0 saturated carbocycles. The minimum atomic E-state index is -3.07. The van der Waals surface area contributed by atoms with E-state index in [1.165, 1.54) is 6.26 Å². The summed E-state index contributed by atoms with van der Waals surface area (Å²) < 4.78 is 24.8. The zero-order chi connectivity index (χ0) is 12.1. The molecule has 0 amide bonds. The fourth-order valence-electron chi connectivity index (χ4n) is 1.46. The molecule has 0 aliphatic heterocycles. The number of sulfonamides is 1. The molecule has 3 nitrogen and oxygen atoms in total.